The van der Waals surface area contributed by atoms with E-state index in [0.717, 1.165) is 38.8 Å². The van der Waals surface area contributed by atoms with E-state index in [0.29, 0.717) is 0 Å². The Balaban J connectivity index is 1.72. The number of amides is 1. The number of benzene rings is 1. The van der Waals surface area contributed by atoms with Crippen molar-refractivity contribution >= 4 is 5.91 Å². The second-order valence-electron chi connectivity index (χ2n) is 6.36. The molecule has 1 unspecified atom stereocenters. The molecular formula is C17H26N2O. The molecule has 110 valence electrons. The summed E-state index contributed by atoms with van der Waals surface area (Å²) in [4.78, 5) is 12.3. The maximum atomic E-state index is 12.3. The fourth-order valence-electron chi connectivity index (χ4n) is 2.91. The maximum Gasteiger partial charge on any atom is 0.237 e. The van der Waals surface area contributed by atoms with Gasteiger partial charge in [-0.1, -0.05) is 44.2 Å². The van der Waals surface area contributed by atoms with Crippen LogP contribution in [-0.4, -0.2) is 25.0 Å². The molecule has 1 aromatic rings. The van der Waals surface area contributed by atoms with Crippen LogP contribution in [0.15, 0.2) is 30.3 Å². The lowest BCUT2D eigenvalue weighted by Crippen LogP contribution is -2.55. The largest absolute Gasteiger partial charge is 0.355 e. The van der Waals surface area contributed by atoms with Crippen molar-refractivity contribution in [2.24, 2.45) is 5.41 Å². The van der Waals surface area contributed by atoms with Crippen molar-refractivity contribution in [3.63, 3.8) is 0 Å². The van der Waals surface area contributed by atoms with Crippen molar-refractivity contribution in [2.75, 3.05) is 13.1 Å². The van der Waals surface area contributed by atoms with Crippen LogP contribution in [0.2, 0.25) is 0 Å². The second-order valence-corrected chi connectivity index (χ2v) is 6.36. The Morgan fingerprint density at radius 1 is 1.35 bits per heavy atom. The molecule has 1 aliphatic heterocycles. The molecule has 20 heavy (non-hydrogen) atoms. The Labute approximate surface area is 122 Å². The van der Waals surface area contributed by atoms with Gasteiger partial charge in [-0.2, -0.15) is 0 Å². The minimum Gasteiger partial charge on any atom is -0.355 e. The van der Waals surface area contributed by atoms with Crippen molar-refractivity contribution in [3.8, 4) is 0 Å². The van der Waals surface area contributed by atoms with Crippen LogP contribution >= 0.6 is 0 Å². The van der Waals surface area contributed by atoms with Crippen molar-refractivity contribution in [1.82, 2.24) is 10.6 Å². The average Bonchev–Trinajstić information content (AvgIpc) is 2.44. The molecular weight excluding hydrogens is 248 g/mol. The molecule has 1 saturated heterocycles. The molecule has 3 nitrogen and oxygen atoms in total. The first-order valence-electron chi connectivity index (χ1n) is 7.65. The molecule has 2 N–H and O–H groups in total. The summed E-state index contributed by atoms with van der Waals surface area (Å²) in [5.41, 5.74) is 1.39. The number of hydrogen-bond donors (Lipinski definition) is 2. The number of carbonyl (C=O) groups is 1. The standard InChI is InChI=1S/C17H26N2O/c1-17(2)11-7-13-18-15(17)16(20)19-12-6-10-14-8-4-3-5-9-14/h3-5,8-9,15,18H,6-7,10-13H2,1-2H3,(H,19,20). The van der Waals surface area contributed by atoms with E-state index >= 15 is 0 Å². The zero-order valence-electron chi connectivity index (χ0n) is 12.6. The van der Waals surface area contributed by atoms with Gasteiger partial charge >= 0.3 is 0 Å². The highest BCUT2D eigenvalue weighted by molar-refractivity contribution is 5.82. The Bertz CT molecular complexity index is 428. The Morgan fingerprint density at radius 3 is 2.80 bits per heavy atom. The lowest BCUT2D eigenvalue weighted by molar-refractivity contribution is -0.126. The zero-order valence-corrected chi connectivity index (χ0v) is 12.6. The van der Waals surface area contributed by atoms with Crippen LogP contribution in [0, 0.1) is 5.41 Å². The average molecular weight is 274 g/mol. The molecule has 1 heterocycles. The third kappa shape index (κ3) is 4.07. The van der Waals surface area contributed by atoms with E-state index < -0.39 is 0 Å². The fraction of sp³-hybridized carbons (Fsp3) is 0.588. The zero-order chi connectivity index (χ0) is 14.4. The molecule has 0 radical (unpaired) electrons. The first-order valence-corrected chi connectivity index (χ1v) is 7.65. The predicted molar refractivity (Wildman–Crippen MR) is 82.6 cm³/mol. The van der Waals surface area contributed by atoms with Gasteiger partial charge in [0.05, 0.1) is 6.04 Å². The Hall–Kier alpha value is -1.35. The molecule has 1 aliphatic rings. The fourth-order valence-corrected chi connectivity index (χ4v) is 2.91. The summed E-state index contributed by atoms with van der Waals surface area (Å²) >= 11 is 0. The molecule has 1 atom stereocenters. The van der Waals surface area contributed by atoms with E-state index in [4.69, 9.17) is 0 Å². The summed E-state index contributed by atoms with van der Waals surface area (Å²) < 4.78 is 0. The first kappa shape index (κ1) is 15.0. The van der Waals surface area contributed by atoms with E-state index in [2.05, 4.69) is 48.7 Å². The van der Waals surface area contributed by atoms with Crippen LogP contribution in [0.5, 0.6) is 0 Å². The third-order valence-corrected chi connectivity index (χ3v) is 4.17. The minimum atomic E-state index is -0.0482. The van der Waals surface area contributed by atoms with Gasteiger partial charge in [0.1, 0.15) is 0 Å². The highest BCUT2D eigenvalue weighted by atomic mass is 16.2. The topological polar surface area (TPSA) is 41.1 Å². The van der Waals surface area contributed by atoms with Crippen molar-refractivity contribution in [2.45, 2.75) is 45.6 Å². The Kier molecular flexibility index (Phi) is 5.18. The van der Waals surface area contributed by atoms with Gasteiger partial charge in [0, 0.05) is 6.54 Å². The molecule has 0 aromatic heterocycles. The lowest BCUT2D eigenvalue weighted by Gasteiger charge is -2.38. The summed E-state index contributed by atoms with van der Waals surface area (Å²) in [5, 5.41) is 6.43. The smallest absolute Gasteiger partial charge is 0.237 e. The van der Waals surface area contributed by atoms with Gasteiger partial charge < -0.3 is 10.6 Å². The molecule has 2 rings (SSSR count). The number of rotatable bonds is 5. The number of piperidine rings is 1. The van der Waals surface area contributed by atoms with E-state index in [1.807, 2.05) is 6.07 Å². The molecule has 0 bridgehead atoms. The van der Waals surface area contributed by atoms with Gasteiger partial charge in [-0.15, -0.1) is 0 Å². The first-order chi connectivity index (χ1) is 9.59. The van der Waals surface area contributed by atoms with Gasteiger partial charge in [-0.3, -0.25) is 4.79 Å². The van der Waals surface area contributed by atoms with E-state index in [1.165, 1.54) is 5.56 Å². The van der Waals surface area contributed by atoms with Crippen LogP contribution in [0.4, 0.5) is 0 Å². The summed E-state index contributed by atoms with van der Waals surface area (Å²) in [6.45, 7) is 6.05. The summed E-state index contributed by atoms with van der Waals surface area (Å²) in [7, 11) is 0. The summed E-state index contributed by atoms with van der Waals surface area (Å²) in [6, 6.07) is 10.4. The monoisotopic (exact) mass is 274 g/mol. The van der Waals surface area contributed by atoms with Gasteiger partial charge in [-0.05, 0) is 43.2 Å². The highest BCUT2D eigenvalue weighted by Gasteiger charge is 2.36. The van der Waals surface area contributed by atoms with E-state index in [1.54, 1.807) is 0 Å². The lowest BCUT2D eigenvalue weighted by atomic mass is 9.77. The van der Waals surface area contributed by atoms with Gasteiger partial charge in [-0.25, -0.2) is 0 Å². The maximum absolute atomic E-state index is 12.3. The van der Waals surface area contributed by atoms with E-state index in [9.17, 15) is 4.79 Å². The molecule has 1 aromatic carbocycles. The molecule has 0 aliphatic carbocycles. The predicted octanol–water partition coefficient (Wildman–Crippen LogP) is 2.51. The number of nitrogens with one attached hydrogen (secondary N) is 2. The molecule has 0 spiro atoms. The van der Waals surface area contributed by atoms with Crippen LogP contribution in [-0.2, 0) is 11.2 Å². The summed E-state index contributed by atoms with van der Waals surface area (Å²) in [6.07, 6.45) is 4.28. The van der Waals surface area contributed by atoms with Crippen LogP contribution in [0.25, 0.3) is 0 Å². The quantitative estimate of drug-likeness (QED) is 0.810. The number of hydrogen-bond acceptors (Lipinski definition) is 2. The molecule has 1 amide bonds. The van der Waals surface area contributed by atoms with Crippen LogP contribution < -0.4 is 10.6 Å². The normalized spacial score (nSPS) is 21.4. The molecule has 0 saturated carbocycles. The van der Waals surface area contributed by atoms with E-state index in [-0.39, 0.29) is 17.4 Å². The van der Waals surface area contributed by atoms with Crippen molar-refractivity contribution in [3.05, 3.63) is 35.9 Å². The third-order valence-electron chi connectivity index (χ3n) is 4.17. The van der Waals surface area contributed by atoms with Crippen molar-refractivity contribution in [1.29, 1.82) is 0 Å². The van der Waals surface area contributed by atoms with Crippen LogP contribution in [0.3, 0.4) is 0 Å². The Morgan fingerprint density at radius 2 is 2.10 bits per heavy atom. The summed E-state index contributed by atoms with van der Waals surface area (Å²) in [5.74, 6) is 0.155. The highest BCUT2D eigenvalue weighted by Crippen LogP contribution is 2.30. The van der Waals surface area contributed by atoms with Crippen molar-refractivity contribution < 1.29 is 4.79 Å². The molecule has 3 heteroatoms. The molecule has 1 fully saturated rings. The SMILES string of the molecule is CC1(C)CCCNC1C(=O)NCCCc1ccccc1. The van der Waals surface area contributed by atoms with Gasteiger partial charge in [0.25, 0.3) is 0 Å². The number of aryl methyl sites for hydroxylation is 1. The second kappa shape index (κ2) is 6.89. The van der Waals surface area contributed by atoms with Crippen LogP contribution in [0.1, 0.15) is 38.7 Å². The minimum absolute atomic E-state index is 0.0482. The van der Waals surface area contributed by atoms with Gasteiger partial charge in [0.15, 0.2) is 0 Å². The number of carbonyl (C=O) groups excluding carboxylic acids is 1. The van der Waals surface area contributed by atoms with Gasteiger partial charge in [0.2, 0.25) is 5.91 Å².